The Kier molecular flexibility index (Phi) is 7.66. The van der Waals surface area contributed by atoms with Gasteiger partial charge in [-0.3, -0.25) is 19.1 Å². The monoisotopic (exact) mass is 693 g/mol. The van der Waals surface area contributed by atoms with Crippen LogP contribution in [0, 0.1) is 26.2 Å². The predicted octanol–water partition coefficient (Wildman–Crippen LogP) is 4.81. The van der Waals surface area contributed by atoms with Crippen LogP contribution in [0.5, 0.6) is 0 Å². The van der Waals surface area contributed by atoms with Gasteiger partial charge in [-0.05, 0) is 103 Å². The van der Waals surface area contributed by atoms with Crippen LogP contribution in [0.15, 0.2) is 59.6 Å². The van der Waals surface area contributed by atoms with Gasteiger partial charge in [0.1, 0.15) is 34.5 Å². The third-order valence-corrected chi connectivity index (χ3v) is 9.68. The van der Waals surface area contributed by atoms with E-state index in [9.17, 15) is 14.4 Å². The summed E-state index contributed by atoms with van der Waals surface area (Å²) in [7, 11) is 0. The van der Waals surface area contributed by atoms with Gasteiger partial charge in [-0.25, -0.2) is 15.0 Å². The number of likely N-dealkylation sites (tertiary alicyclic amines) is 1. The topological polar surface area (TPSA) is 149 Å². The van der Waals surface area contributed by atoms with Crippen molar-refractivity contribution >= 4 is 50.2 Å². The van der Waals surface area contributed by atoms with Gasteiger partial charge in [-0.1, -0.05) is 6.07 Å². The van der Waals surface area contributed by atoms with Gasteiger partial charge in [0, 0.05) is 47.9 Å². The number of piperidine rings is 1. The highest BCUT2D eigenvalue weighted by atomic mass is 79.9. The number of benzene rings is 1. The zero-order valence-electron chi connectivity index (χ0n) is 26.4. The lowest BCUT2D eigenvalue weighted by Crippen LogP contribution is -2.47. The van der Waals surface area contributed by atoms with Crippen LogP contribution in [0.25, 0.3) is 22.0 Å². The maximum atomic E-state index is 14.3. The molecule has 1 N–H and O–H groups in total. The van der Waals surface area contributed by atoms with E-state index >= 15 is 0 Å². The number of fused-ring (bicyclic) bond motifs is 2. The maximum absolute atomic E-state index is 14.3. The summed E-state index contributed by atoms with van der Waals surface area (Å²) in [6.07, 6.45) is 6.97. The number of halogens is 1. The quantitative estimate of drug-likeness (QED) is 0.179. The van der Waals surface area contributed by atoms with E-state index < -0.39 is 6.04 Å². The van der Waals surface area contributed by atoms with Crippen LogP contribution in [-0.4, -0.2) is 69.5 Å². The Bertz CT molecular complexity index is 2070. The van der Waals surface area contributed by atoms with Gasteiger partial charge < -0.3 is 10.2 Å². The van der Waals surface area contributed by atoms with E-state index in [1.807, 2.05) is 57.2 Å². The summed E-state index contributed by atoms with van der Waals surface area (Å²) >= 11 is 3.38. The second kappa shape index (κ2) is 11.7. The molecule has 1 aromatic carbocycles. The molecular formula is C34H32BrN9O3. The van der Waals surface area contributed by atoms with Crippen LogP contribution in [0.4, 0.5) is 5.82 Å². The third-order valence-electron chi connectivity index (χ3n) is 9.24. The lowest BCUT2D eigenvalue weighted by atomic mass is 9.93. The van der Waals surface area contributed by atoms with E-state index in [4.69, 9.17) is 0 Å². The first-order valence-electron chi connectivity index (χ1n) is 15.4. The minimum absolute atomic E-state index is 0.132. The highest BCUT2D eigenvalue weighted by molar-refractivity contribution is 9.10. The molecule has 5 heterocycles. The average molecular weight is 695 g/mol. The SMILES string of the molecule is CC(=O)c1nn(CC(=O)N2[C@H](C(=O)Nc3nc(Br)ccc3C)C[C@@]3(Cc4cccnn4)C[C@@H]23)c2c(C)cc(-c3cnc(C)nc3)cc12. The lowest BCUT2D eigenvalue weighted by Gasteiger charge is -2.27. The van der Waals surface area contributed by atoms with Crippen molar-refractivity contribution in [3.63, 3.8) is 0 Å². The average Bonchev–Trinajstić information content (AvgIpc) is 3.43. The summed E-state index contributed by atoms with van der Waals surface area (Å²) in [6.45, 7) is 6.96. The highest BCUT2D eigenvalue weighted by Gasteiger charge is 2.67. The number of anilines is 1. The maximum Gasteiger partial charge on any atom is 0.248 e. The second-order valence-corrected chi connectivity index (χ2v) is 13.4. The van der Waals surface area contributed by atoms with Crippen LogP contribution < -0.4 is 5.32 Å². The smallest absolute Gasteiger partial charge is 0.248 e. The van der Waals surface area contributed by atoms with Crippen LogP contribution >= 0.6 is 15.9 Å². The minimum Gasteiger partial charge on any atom is -0.325 e. The number of amides is 2. The van der Waals surface area contributed by atoms with Crippen LogP contribution in [0.3, 0.4) is 0 Å². The normalized spacial score (nSPS) is 19.9. The molecule has 5 aromatic rings. The molecule has 1 saturated heterocycles. The lowest BCUT2D eigenvalue weighted by molar-refractivity contribution is -0.138. The standard InChI is InChI=1S/C34H32BrN9O3/c1-18-7-8-28(35)39-32(18)40-33(47)26-13-34(12-24-6-5-9-38-41-24)14-27(34)44(26)29(46)17-43-31-19(2)10-22(23-15-36-21(4)37-16-23)11-25(31)30(42-43)20(3)45/h5-11,15-16,26-27H,12-14,17H2,1-4H3,(H,39,40,47)/t26-,27+,34-/m0/s1. The fourth-order valence-electron chi connectivity index (χ4n) is 6.91. The molecule has 2 aliphatic rings. The molecule has 3 atom stereocenters. The van der Waals surface area contributed by atoms with E-state index in [1.54, 1.807) is 28.2 Å². The zero-order chi connectivity index (χ0) is 33.0. The van der Waals surface area contributed by atoms with Crippen molar-refractivity contribution in [1.29, 1.82) is 0 Å². The number of aryl methyl sites for hydroxylation is 3. The fourth-order valence-corrected chi connectivity index (χ4v) is 7.22. The number of rotatable bonds is 8. The molecular weight excluding hydrogens is 662 g/mol. The van der Waals surface area contributed by atoms with Gasteiger partial charge in [0.15, 0.2) is 5.78 Å². The summed E-state index contributed by atoms with van der Waals surface area (Å²) in [5, 5.41) is 16.6. The fraction of sp³-hybridized carbons (Fsp3) is 0.324. The number of aromatic nitrogens is 7. The molecule has 238 valence electrons. The number of Topliss-reactive ketones (excluding diaryl/α,β-unsaturated/α-hetero) is 1. The number of hydrogen-bond acceptors (Lipinski definition) is 9. The van der Waals surface area contributed by atoms with Gasteiger partial charge in [-0.15, -0.1) is 0 Å². The van der Waals surface area contributed by atoms with E-state index in [0.29, 0.717) is 40.0 Å². The zero-order valence-corrected chi connectivity index (χ0v) is 27.9. The van der Waals surface area contributed by atoms with Gasteiger partial charge in [0.25, 0.3) is 0 Å². The Morgan fingerprint density at radius 1 is 1.02 bits per heavy atom. The van der Waals surface area contributed by atoms with Crippen LogP contribution in [-0.2, 0) is 22.6 Å². The summed E-state index contributed by atoms with van der Waals surface area (Å²) in [5.74, 6) is 0.347. The molecule has 2 fully saturated rings. The number of nitrogens with zero attached hydrogens (tertiary/aromatic N) is 8. The van der Waals surface area contributed by atoms with Crippen molar-refractivity contribution in [2.24, 2.45) is 5.41 Å². The third kappa shape index (κ3) is 5.69. The molecule has 12 nitrogen and oxygen atoms in total. The summed E-state index contributed by atoms with van der Waals surface area (Å²) in [4.78, 5) is 55.8. The first-order chi connectivity index (χ1) is 22.5. The molecule has 0 unspecified atom stereocenters. The highest BCUT2D eigenvalue weighted by Crippen LogP contribution is 2.61. The van der Waals surface area contributed by atoms with Crippen molar-refractivity contribution in [3.8, 4) is 11.1 Å². The number of hydrogen-bond donors (Lipinski definition) is 1. The number of ketones is 1. The van der Waals surface area contributed by atoms with Gasteiger partial charge in [-0.2, -0.15) is 15.3 Å². The molecule has 4 aromatic heterocycles. The second-order valence-electron chi connectivity index (χ2n) is 12.6. The number of carbonyl (C=O) groups is 3. The van der Waals surface area contributed by atoms with Crippen LogP contribution in [0.1, 0.15) is 52.9 Å². The number of nitrogens with one attached hydrogen (secondary N) is 1. The molecule has 0 radical (unpaired) electrons. The first kappa shape index (κ1) is 30.7. The Labute approximate surface area is 279 Å². The summed E-state index contributed by atoms with van der Waals surface area (Å²) in [5.41, 5.74) is 4.83. The van der Waals surface area contributed by atoms with Gasteiger partial charge in [0.2, 0.25) is 11.8 Å². The number of carbonyl (C=O) groups excluding carboxylic acids is 3. The van der Waals surface area contributed by atoms with E-state index in [2.05, 4.69) is 51.5 Å². The molecule has 1 aliphatic carbocycles. The van der Waals surface area contributed by atoms with E-state index in [-0.39, 0.29) is 41.3 Å². The minimum atomic E-state index is -0.721. The Balaban J connectivity index is 1.23. The van der Waals surface area contributed by atoms with E-state index in [1.165, 1.54) is 6.92 Å². The largest absolute Gasteiger partial charge is 0.325 e. The molecule has 0 spiro atoms. The summed E-state index contributed by atoms with van der Waals surface area (Å²) in [6, 6.07) is 10.5. The van der Waals surface area contributed by atoms with Crippen molar-refractivity contribution in [3.05, 3.63) is 87.9 Å². The van der Waals surface area contributed by atoms with E-state index in [0.717, 1.165) is 34.4 Å². The Morgan fingerprint density at radius 2 is 1.81 bits per heavy atom. The van der Waals surface area contributed by atoms with Gasteiger partial charge >= 0.3 is 0 Å². The summed E-state index contributed by atoms with van der Waals surface area (Å²) < 4.78 is 2.19. The molecule has 2 amide bonds. The number of pyridine rings is 1. The molecule has 7 rings (SSSR count). The Morgan fingerprint density at radius 3 is 2.53 bits per heavy atom. The van der Waals surface area contributed by atoms with Gasteiger partial charge in [0.05, 0.1) is 11.2 Å². The van der Waals surface area contributed by atoms with Crippen LogP contribution in [0.2, 0.25) is 0 Å². The molecule has 13 heteroatoms. The Hall–Kier alpha value is -4.91. The van der Waals surface area contributed by atoms with Crippen molar-refractivity contribution < 1.29 is 14.4 Å². The molecule has 1 aliphatic heterocycles. The molecule has 47 heavy (non-hydrogen) atoms. The van der Waals surface area contributed by atoms with Crippen molar-refractivity contribution in [1.82, 2.24) is 39.8 Å². The molecule has 0 bridgehead atoms. The van der Waals surface area contributed by atoms with Crippen molar-refractivity contribution in [2.75, 3.05) is 5.32 Å². The van der Waals surface area contributed by atoms with Crippen molar-refractivity contribution in [2.45, 2.75) is 65.6 Å². The molecule has 1 saturated carbocycles. The first-order valence-corrected chi connectivity index (χ1v) is 16.2. The predicted molar refractivity (Wildman–Crippen MR) is 177 cm³/mol.